The molecule has 0 spiro atoms. The van der Waals surface area contributed by atoms with E-state index in [-0.39, 0.29) is 48.4 Å². The number of carbonyl (C=O) groups is 3. The van der Waals surface area contributed by atoms with Crippen molar-refractivity contribution >= 4 is 78.3 Å². The Kier molecular flexibility index (Phi) is 8.79. The fourth-order valence-electron chi connectivity index (χ4n) is 3.00. The molecule has 1 unspecified atom stereocenters. The first kappa shape index (κ1) is 24.1. The van der Waals surface area contributed by atoms with Gasteiger partial charge in [0, 0.05) is 70.5 Å². The zero-order valence-electron chi connectivity index (χ0n) is 15.6. The van der Waals surface area contributed by atoms with Crippen LogP contribution in [-0.2, 0) is 14.4 Å². The number of rotatable bonds is 8. The monoisotopic (exact) mass is 590 g/mol. The van der Waals surface area contributed by atoms with Crippen LogP contribution in [0, 0.1) is 11.3 Å². The van der Waals surface area contributed by atoms with Gasteiger partial charge < -0.3 is 5.32 Å². The molecule has 1 heterocycles. The molecule has 0 aromatic rings. The summed E-state index contributed by atoms with van der Waals surface area (Å²) in [6.45, 7) is 7.74. The second kappa shape index (κ2) is 9.49. The predicted octanol–water partition coefficient (Wildman–Crippen LogP) is -0.658. The number of likely N-dealkylation sites (tertiary alicyclic amines) is 1. The van der Waals surface area contributed by atoms with Crippen molar-refractivity contribution in [2.24, 2.45) is 23.0 Å². The summed E-state index contributed by atoms with van der Waals surface area (Å²) in [6.07, 6.45) is 0.247. The zero-order chi connectivity index (χ0) is 20.3. The van der Waals surface area contributed by atoms with Crippen molar-refractivity contribution in [1.82, 2.24) is 16.5 Å². The van der Waals surface area contributed by atoms with Gasteiger partial charge in [0.15, 0.2) is 0 Å². The minimum Gasteiger partial charge on any atom is -0.362 e. The van der Waals surface area contributed by atoms with Crippen LogP contribution < -0.4 is 17.0 Å². The molecule has 5 N–H and O–H groups in total. The fraction of sp³-hybridized carbons (Fsp3) is 0.769. The summed E-state index contributed by atoms with van der Waals surface area (Å²) in [5, 5.41) is 2.24. The smallest absolute Gasteiger partial charge is 0.256 e. The van der Waals surface area contributed by atoms with Crippen molar-refractivity contribution in [3.63, 3.8) is 0 Å². The van der Waals surface area contributed by atoms with Crippen LogP contribution in [0.25, 0.3) is 0 Å². The number of nitrogens with zero attached hydrogens (tertiary/aromatic N) is 3. The van der Waals surface area contributed by atoms with Gasteiger partial charge in [0.05, 0.1) is 5.92 Å². The number of halogens is 2. The molecule has 9 nitrogen and oxygen atoms in total. The van der Waals surface area contributed by atoms with Crippen molar-refractivity contribution in [1.29, 1.82) is 0 Å². The summed E-state index contributed by atoms with van der Waals surface area (Å²) in [5.74, 6) is 10.4. The third-order valence-electron chi connectivity index (χ3n) is 4.29. The summed E-state index contributed by atoms with van der Waals surface area (Å²) in [7, 11) is 0.757. The van der Waals surface area contributed by atoms with Crippen LogP contribution in [0.5, 0.6) is 0 Å². The number of nitrogens with one attached hydrogen (secondary N) is 1. The Hall–Kier alpha value is 0.0399. The Morgan fingerprint density at radius 1 is 1.23 bits per heavy atom. The molecule has 0 aromatic heterocycles. The average molecular weight is 590 g/mol. The molecule has 1 saturated heterocycles. The molecule has 13 heteroatoms. The van der Waals surface area contributed by atoms with E-state index >= 15 is 0 Å². The summed E-state index contributed by atoms with van der Waals surface area (Å²) in [5.41, 5.74) is -0.280. The van der Waals surface area contributed by atoms with E-state index in [4.69, 9.17) is 11.7 Å². The van der Waals surface area contributed by atoms with Crippen LogP contribution in [0.2, 0.25) is 0 Å². The summed E-state index contributed by atoms with van der Waals surface area (Å²) in [6, 6.07) is 0. The molecule has 3 amide bonds. The zero-order valence-corrected chi connectivity index (χ0v) is 19.9. The first-order valence-corrected chi connectivity index (χ1v) is 10.2. The van der Waals surface area contributed by atoms with Gasteiger partial charge in [-0.05, 0) is 5.41 Å². The van der Waals surface area contributed by atoms with Gasteiger partial charge in [0.2, 0.25) is 17.7 Å². The molecule has 26 heavy (non-hydrogen) atoms. The number of hydrogen-bond donors (Lipinski definition) is 3. The summed E-state index contributed by atoms with van der Waals surface area (Å²) < 4.78 is 2.89. The maximum atomic E-state index is 12.5. The van der Waals surface area contributed by atoms with Crippen LogP contribution >= 0.6 is 45.7 Å². The van der Waals surface area contributed by atoms with E-state index in [0.717, 1.165) is 0 Å². The van der Waals surface area contributed by atoms with Crippen molar-refractivity contribution < 1.29 is 14.4 Å². The molecule has 0 radical (unpaired) electrons. The fourth-order valence-corrected chi connectivity index (χ4v) is 4.51. The number of nitrogens with two attached hydrogens (primary N) is 2. The maximum Gasteiger partial charge on any atom is 0.256 e. The third-order valence-corrected chi connectivity index (χ3v) is 4.98. The summed E-state index contributed by atoms with van der Waals surface area (Å²) >= 11 is 3.86. The van der Waals surface area contributed by atoms with Gasteiger partial charge in [-0.3, -0.25) is 31.0 Å². The molecule has 146 valence electrons. The van der Waals surface area contributed by atoms with Gasteiger partial charge in [0.1, 0.15) is 0 Å². The molecule has 0 aromatic carbocycles. The van der Waals surface area contributed by atoms with Gasteiger partial charge >= 0.3 is 0 Å². The Morgan fingerprint density at radius 3 is 2.12 bits per heavy atom. The first-order valence-electron chi connectivity index (χ1n) is 8.26. The molecule has 0 bridgehead atoms. The normalized spacial score (nSPS) is 18.7. The minimum atomic E-state index is -0.671. The second-order valence-corrected chi connectivity index (χ2v) is 10.5. The highest BCUT2D eigenvalue weighted by atomic mass is 127. The highest BCUT2D eigenvalue weighted by Gasteiger charge is 2.44. The van der Waals surface area contributed by atoms with E-state index in [9.17, 15) is 14.4 Å². The maximum absolute atomic E-state index is 12.5. The van der Waals surface area contributed by atoms with E-state index in [0.29, 0.717) is 14.8 Å². The summed E-state index contributed by atoms with van der Waals surface area (Å²) in [4.78, 5) is 38.2. The molecular weight excluding hydrogens is 564 g/mol. The number of carbonyl (C=O) groups excluding carboxylic acids is 3. The van der Waals surface area contributed by atoms with Crippen molar-refractivity contribution in [2.45, 2.75) is 45.9 Å². The molecule has 1 aliphatic heterocycles. The number of hydrogen-bond acceptors (Lipinski definition) is 7. The van der Waals surface area contributed by atoms with Crippen molar-refractivity contribution in [3.8, 4) is 0 Å². The SMILES string of the molecule is CC(BN(N)I)(BN(N)I)NC(=O)CCN1C(=O)CC(C(C)(C)C)C1=O. The van der Waals surface area contributed by atoms with E-state index in [1.807, 2.05) is 73.4 Å². The van der Waals surface area contributed by atoms with E-state index in [2.05, 4.69) is 5.32 Å². The van der Waals surface area contributed by atoms with Crippen molar-refractivity contribution in [2.75, 3.05) is 6.54 Å². The van der Waals surface area contributed by atoms with Gasteiger partial charge in [-0.25, -0.2) is 6.27 Å². The number of imide groups is 1. The quantitative estimate of drug-likeness (QED) is 0.0858. The van der Waals surface area contributed by atoms with Crippen molar-refractivity contribution in [3.05, 3.63) is 0 Å². The molecule has 1 aliphatic rings. The van der Waals surface area contributed by atoms with Crippen LogP contribution in [0.4, 0.5) is 0 Å². The average Bonchev–Trinajstić information content (AvgIpc) is 2.69. The lowest BCUT2D eigenvalue weighted by Gasteiger charge is -2.32. The predicted molar refractivity (Wildman–Crippen MR) is 120 cm³/mol. The van der Waals surface area contributed by atoms with Gasteiger partial charge in [-0.2, -0.15) is 0 Å². The topological polar surface area (TPSA) is 125 Å². The molecular formula is C13H26B2I2N6O3. The van der Waals surface area contributed by atoms with E-state index < -0.39 is 5.34 Å². The van der Waals surface area contributed by atoms with Gasteiger partial charge in [0.25, 0.3) is 14.8 Å². The lowest BCUT2D eigenvalue weighted by molar-refractivity contribution is -0.140. The minimum absolute atomic E-state index is 0.0432. The van der Waals surface area contributed by atoms with E-state index in [1.165, 1.54) is 11.2 Å². The highest BCUT2D eigenvalue weighted by molar-refractivity contribution is 14.1. The van der Waals surface area contributed by atoms with Crippen LogP contribution in [0.1, 0.15) is 40.5 Å². The number of amides is 3. The molecule has 0 aliphatic carbocycles. The lowest BCUT2D eigenvalue weighted by atomic mass is 9.50. The highest BCUT2D eigenvalue weighted by Crippen LogP contribution is 2.35. The van der Waals surface area contributed by atoms with Crippen LogP contribution in [0.3, 0.4) is 0 Å². The standard InChI is InChI=1S/C13H26B2I2N6O3/c1-12(2,3)8-7-10(25)21(11(8)26)6-5-9(24)20-13(4,14-22(16)18)15-23(17)19/h8,14-15H,5-7,18-19H2,1-4H3,(H,20,24). The largest absolute Gasteiger partial charge is 0.362 e. The van der Waals surface area contributed by atoms with Crippen LogP contribution in [-0.4, -0.2) is 55.6 Å². The Labute approximate surface area is 183 Å². The Bertz CT molecular complexity index is 548. The van der Waals surface area contributed by atoms with Crippen LogP contribution in [0.15, 0.2) is 0 Å². The number of hydrazine groups is 2. The van der Waals surface area contributed by atoms with Gasteiger partial charge in [-0.15, -0.1) is 0 Å². The molecule has 1 rings (SSSR count). The third kappa shape index (κ3) is 7.22. The second-order valence-electron chi connectivity index (χ2n) is 7.98. The van der Waals surface area contributed by atoms with E-state index in [1.54, 1.807) is 0 Å². The molecule has 1 atom stereocenters. The Balaban J connectivity index is 2.67. The first-order chi connectivity index (χ1) is 11.7. The van der Waals surface area contributed by atoms with Gasteiger partial charge in [-0.1, -0.05) is 27.7 Å². The molecule has 0 saturated carbocycles. The molecule has 1 fully saturated rings. The lowest BCUT2D eigenvalue weighted by Crippen LogP contribution is -2.63. The Morgan fingerprint density at radius 2 is 1.73 bits per heavy atom.